The standard InChI is InChI=1S/C12H14S2/c1-8(2)12(13)10-7-14-11-6-4-3-5-9(10)11/h3-6,8,13H,7H2,1-2H3/b12-10-. The number of thioether (sulfide) groups is 1. The monoisotopic (exact) mass is 222 g/mol. The summed E-state index contributed by atoms with van der Waals surface area (Å²) in [5.41, 5.74) is 2.81. The lowest BCUT2D eigenvalue weighted by Gasteiger charge is -2.09. The molecule has 0 spiro atoms. The summed E-state index contributed by atoms with van der Waals surface area (Å²) < 4.78 is 0. The SMILES string of the molecule is CC(C)/C(S)=C1\CSc2ccccc21. The van der Waals surface area contributed by atoms with Gasteiger partial charge in [-0.1, -0.05) is 32.0 Å². The van der Waals surface area contributed by atoms with Gasteiger partial charge in [-0.3, -0.25) is 0 Å². The fourth-order valence-corrected chi connectivity index (χ4v) is 3.07. The van der Waals surface area contributed by atoms with Crippen LogP contribution in [0.2, 0.25) is 0 Å². The van der Waals surface area contributed by atoms with Crippen molar-refractivity contribution < 1.29 is 0 Å². The Balaban J connectivity index is 2.49. The van der Waals surface area contributed by atoms with Gasteiger partial charge in [0.05, 0.1) is 0 Å². The summed E-state index contributed by atoms with van der Waals surface area (Å²) >= 11 is 6.53. The van der Waals surface area contributed by atoms with E-state index in [9.17, 15) is 0 Å². The minimum atomic E-state index is 0.528. The molecule has 2 rings (SSSR count). The third-order valence-electron chi connectivity index (χ3n) is 2.44. The first-order chi connectivity index (χ1) is 6.70. The zero-order chi connectivity index (χ0) is 10.1. The van der Waals surface area contributed by atoms with Crippen molar-refractivity contribution in [1.82, 2.24) is 0 Å². The zero-order valence-electron chi connectivity index (χ0n) is 8.45. The Morgan fingerprint density at radius 1 is 1.36 bits per heavy atom. The van der Waals surface area contributed by atoms with Crippen molar-refractivity contribution in [2.75, 3.05) is 5.75 Å². The lowest BCUT2D eigenvalue weighted by atomic mass is 10.0. The second-order valence-corrected chi connectivity index (χ2v) is 5.30. The maximum Gasteiger partial charge on any atom is 0.0246 e. The van der Waals surface area contributed by atoms with Gasteiger partial charge in [0.1, 0.15) is 0 Å². The maximum absolute atomic E-state index is 4.61. The van der Waals surface area contributed by atoms with Gasteiger partial charge in [0.2, 0.25) is 0 Å². The predicted molar refractivity (Wildman–Crippen MR) is 67.9 cm³/mol. The van der Waals surface area contributed by atoms with Gasteiger partial charge in [-0.25, -0.2) is 0 Å². The van der Waals surface area contributed by atoms with E-state index in [0.717, 1.165) is 5.75 Å². The number of fused-ring (bicyclic) bond motifs is 1. The van der Waals surface area contributed by atoms with Gasteiger partial charge in [-0.15, -0.1) is 24.4 Å². The Morgan fingerprint density at radius 3 is 2.79 bits per heavy atom. The number of rotatable bonds is 1. The van der Waals surface area contributed by atoms with Crippen LogP contribution < -0.4 is 0 Å². The molecule has 0 fully saturated rings. The van der Waals surface area contributed by atoms with Crippen molar-refractivity contribution in [1.29, 1.82) is 0 Å². The van der Waals surface area contributed by atoms with E-state index < -0.39 is 0 Å². The molecule has 0 aliphatic carbocycles. The quantitative estimate of drug-likeness (QED) is 0.698. The second-order valence-electron chi connectivity index (χ2n) is 3.80. The minimum absolute atomic E-state index is 0.528. The number of hydrogen-bond donors (Lipinski definition) is 1. The van der Waals surface area contributed by atoms with Crippen LogP contribution in [0.25, 0.3) is 5.57 Å². The molecule has 0 N–H and O–H groups in total. The smallest absolute Gasteiger partial charge is 0.0246 e. The third kappa shape index (κ3) is 1.73. The molecule has 0 nitrogen and oxygen atoms in total. The normalized spacial score (nSPS) is 18.6. The van der Waals surface area contributed by atoms with Crippen molar-refractivity contribution in [3.8, 4) is 0 Å². The summed E-state index contributed by atoms with van der Waals surface area (Å²) in [6.45, 7) is 4.39. The molecule has 0 unspecified atom stereocenters. The van der Waals surface area contributed by atoms with E-state index in [1.807, 2.05) is 11.8 Å². The van der Waals surface area contributed by atoms with E-state index in [2.05, 4.69) is 50.7 Å². The Labute approximate surface area is 95.2 Å². The molecule has 0 bridgehead atoms. The summed E-state index contributed by atoms with van der Waals surface area (Å²) in [6, 6.07) is 8.59. The highest BCUT2D eigenvalue weighted by Crippen LogP contribution is 2.42. The predicted octanol–water partition coefficient (Wildman–Crippen LogP) is 4.09. The fraction of sp³-hybridized carbons (Fsp3) is 0.333. The van der Waals surface area contributed by atoms with Gasteiger partial charge in [0.15, 0.2) is 0 Å². The van der Waals surface area contributed by atoms with Gasteiger partial charge in [-0.2, -0.15) is 0 Å². The molecule has 0 radical (unpaired) electrons. The summed E-state index contributed by atoms with van der Waals surface area (Å²) in [5.74, 6) is 1.61. The average Bonchev–Trinajstić information content (AvgIpc) is 2.60. The second kappa shape index (κ2) is 4.03. The zero-order valence-corrected chi connectivity index (χ0v) is 10.2. The number of allylic oxidation sites excluding steroid dienone is 1. The van der Waals surface area contributed by atoms with E-state index in [1.165, 1.54) is 20.9 Å². The van der Waals surface area contributed by atoms with Crippen molar-refractivity contribution in [3.63, 3.8) is 0 Å². The van der Waals surface area contributed by atoms with Gasteiger partial charge in [0, 0.05) is 10.6 Å². The van der Waals surface area contributed by atoms with Crippen molar-refractivity contribution in [2.24, 2.45) is 5.92 Å². The first kappa shape index (κ1) is 10.2. The van der Waals surface area contributed by atoms with Crippen LogP contribution in [0.15, 0.2) is 34.1 Å². The fourth-order valence-electron chi connectivity index (χ4n) is 1.63. The molecule has 2 heteroatoms. The highest BCUT2D eigenvalue weighted by Gasteiger charge is 2.19. The first-order valence-corrected chi connectivity index (χ1v) is 6.27. The Kier molecular flexibility index (Phi) is 2.93. The molecule has 14 heavy (non-hydrogen) atoms. The first-order valence-electron chi connectivity index (χ1n) is 4.84. The Hall–Kier alpha value is -0.340. The molecule has 1 aliphatic heterocycles. The highest BCUT2D eigenvalue weighted by molar-refractivity contribution is 8.00. The van der Waals surface area contributed by atoms with Crippen LogP contribution in [-0.4, -0.2) is 5.75 Å². The van der Waals surface area contributed by atoms with Gasteiger partial charge in [-0.05, 0) is 28.0 Å². The topological polar surface area (TPSA) is 0 Å². The van der Waals surface area contributed by atoms with E-state index >= 15 is 0 Å². The maximum atomic E-state index is 4.61. The van der Waals surface area contributed by atoms with Crippen molar-refractivity contribution >= 4 is 30.0 Å². The lowest BCUT2D eigenvalue weighted by molar-refractivity contribution is 0.820. The van der Waals surface area contributed by atoms with Crippen molar-refractivity contribution in [3.05, 3.63) is 34.7 Å². The molecule has 1 aromatic rings. The molecular weight excluding hydrogens is 208 g/mol. The van der Waals surface area contributed by atoms with Crippen LogP contribution in [0.5, 0.6) is 0 Å². The number of hydrogen-bond acceptors (Lipinski definition) is 2. The Morgan fingerprint density at radius 2 is 2.07 bits per heavy atom. The summed E-state index contributed by atoms with van der Waals surface area (Å²) in [4.78, 5) is 2.64. The number of thiol groups is 1. The number of benzene rings is 1. The molecule has 74 valence electrons. The summed E-state index contributed by atoms with van der Waals surface area (Å²) in [5, 5.41) is 0. The van der Waals surface area contributed by atoms with Crippen LogP contribution in [-0.2, 0) is 0 Å². The van der Waals surface area contributed by atoms with Crippen LogP contribution in [0, 0.1) is 5.92 Å². The van der Waals surface area contributed by atoms with Gasteiger partial charge in [0.25, 0.3) is 0 Å². The molecular formula is C12H14S2. The molecule has 0 saturated carbocycles. The van der Waals surface area contributed by atoms with E-state index in [4.69, 9.17) is 0 Å². The van der Waals surface area contributed by atoms with Crippen LogP contribution in [0.3, 0.4) is 0 Å². The summed E-state index contributed by atoms with van der Waals surface area (Å²) in [6.07, 6.45) is 0. The molecule has 0 atom stereocenters. The van der Waals surface area contributed by atoms with Gasteiger partial charge < -0.3 is 0 Å². The van der Waals surface area contributed by atoms with Crippen LogP contribution in [0.4, 0.5) is 0 Å². The lowest BCUT2D eigenvalue weighted by Crippen LogP contribution is -1.92. The molecule has 1 aromatic carbocycles. The molecule has 0 aromatic heterocycles. The van der Waals surface area contributed by atoms with Crippen molar-refractivity contribution in [2.45, 2.75) is 18.7 Å². The minimum Gasteiger partial charge on any atom is -0.147 e. The Bertz CT molecular complexity index is 378. The van der Waals surface area contributed by atoms with Crippen LogP contribution in [0.1, 0.15) is 19.4 Å². The van der Waals surface area contributed by atoms with Crippen LogP contribution >= 0.6 is 24.4 Å². The van der Waals surface area contributed by atoms with E-state index in [0.29, 0.717) is 5.92 Å². The largest absolute Gasteiger partial charge is 0.147 e. The third-order valence-corrected chi connectivity index (χ3v) is 4.33. The van der Waals surface area contributed by atoms with E-state index in [1.54, 1.807) is 0 Å². The molecule has 0 amide bonds. The van der Waals surface area contributed by atoms with Gasteiger partial charge >= 0.3 is 0 Å². The molecule has 1 heterocycles. The molecule has 0 saturated heterocycles. The van der Waals surface area contributed by atoms with E-state index in [-0.39, 0.29) is 0 Å². The average molecular weight is 222 g/mol. The highest BCUT2D eigenvalue weighted by atomic mass is 32.2. The summed E-state index contributed by atoms with van der Waals surface area (Å²) in [7, 11) is 0. The molecule has 1 aliphatic rings.